The van der Waals surface area contributed by atoms with E-state index in [4.69, 9.17) is 0 Å². The van der Waals surface area contributed by atoms with Crippen LogP contribution in [0.3, 0.4) is 0 Å². The molecule has 0 atom stereocenters. The fraction of sp³-hybridized carbons (Fsp3) is 0.105. The predicted molar refractivity (Wildman–Crippen MR) is 91.3 cm³/mol. The quantitative estimate of drug-likeness (QED) is 0.676. The molecule has 1 aliphatic heterocycles. The highest BCUT2D eigenvalue weighted by Gasteiger charge is 2.36. The zero-order valence-corrected chi connectivity index (χ0v) is 13.7. The molecule has 25 heavy (non-hydrogen) atoms. The van der Waals surface area contributed by atoms with E-state index in [0.717, 1.165) is 16.0 Å². The number of urea groups is 1. The average Bonchev–Trinajstić information content (AvgIpc) is 2.52. The maximum absolute atomic E-state index is 13.0. The van der Waals surface area contributed by atoms with E-state index in [2.05, 4.69) is 5.32 Å². The lowest BCUT2D eigenvalue weighted by Crippen LogP contribution is -2.54. The van der Waals surface area contributed by atoms with E-state index in [1.165, 1.54) is 30.3 Å². The maximum atomic E-state index is 13.0. The van der Waals surface area contributed by atoms with Crippen LogP contribution < -0.4 is 10.2 Å². The molecule has 0 radical (unpaired) electrons. The van der Waals surface area contributed by atoms with Crippen LogP contribution in [-0.4, -0.2) is 17.8 Å². The fourth-order valence-electron chi connectivity index (χ4n) is 2.70. The summed E-state index contributed by atoms with van der Waals surface area (Å²) in [6.45, 7) is 3.70. The molecule has 5 nitrogen and oxygen atoms in total. The molecule has 2 aromatic rings. The van der Waals surface area contributed by atoms with Crippen LogP contribution in [0.1, 0.15) is 16.7 Å². The van der Waals surface area contributed by atoms with Crippen molar-refractivity contribution in [2.75, 3.05) is 4.90 Å². The molecule has 0 saturated carbocycles. The zero-order valence-electron chi connectivity index (χ0n) is 13.7. The fourth-order valence-corrected chi connectivity index (χ4v) is 2.70. The van der Waals surface area contributed by atoms with Gasteiger partial charge in [0.1, 0.15) is 11.4 Å². The number of imide groups is 2. The molecule has 1 aliphatic rings. The number of rotatable bonds is 2. The Morgan fingerprint density at radius 1 is 0.960 bits per heavy atom. The van der Waals surface area contributed by atoms with Crippen LogP contribution in [0.25, 0.3) is 6.08 Å². The Bertz CT molecular complexity index is 897. The highest BCUT2D eigenvalue weighted by molar-refractivity contribution is 6.39. The van der Waals surface area contributed by atoms with Gasteiger partial charge in [0.25, 0.3) is 11.8 Å². The summed E-state index contributed by atoms with van der Waals surface area (Å²) in [5.74, 6) is -1.92. The molecular weight excluding hydrogens is 323 g/mol. The number of aryl methyl sites for hydroxylation is 2. The van der Waals surface area contributed by atoms with Crippen LogP contribution in [0.2, 0.25) is 0 Å². The Labute approximate surface area is 143 Å². The highest BCUT2D eigenvalue weighted by Crippen LogP contribution is 2.24. The first-order chi connectivity index (χ1) is 11.8. The van der Waals surface area contributed by atoms with Gasteiger partial charge in [-0.05, 0) is 60.9 Å². The Morgan fingerprint density at radius 2 is 1.56 bits per heavy atom. The predicted octanol–water partition coefficient (Wildman–Crippen LogP) is 3.11. The largest absolute Gasteiger partial charge is 0.335 e. The van der Waals surface area contributed by atoms with Crippen LogP contribution in [-0.2, 0) is 9.59 Å². The minimum Gasteiger partial charge on any atom is -0.273 e. The number of hydrogen-bond donors (Lipinski definition) is 1. The molecule has 1 heterocycles. The van der Waals surface area contributed by atoms with E-state index >= 15 is 0 Å². The number of amides is 4. The highest BCUT2D eigenvalue weighted by atomic mass is 19.1. The maximum Gasteiger partial charge on any atom is 0.335 e. The summed E-state index contributed by atoms with van der Waals surface area (Å²) in [5.41, 5.74) is 2.45. The summed E-state index contributed by atoms with van der Waals surface area (Å²) in [6.07, 6.45) is 1.33. The second kappa shape index (κ2) is 6.32. The van der Waals surface area contributed by atoms with E-state index in [1.54, 1.807) is 12.1 Å². The Morgan fingerprint density at radius 3 is 2.16 bits per heavy atom. The second-order valence-corrected chi connectivity index (χ2v) is 5.86. The first-order valence-electron chi connectivity index (χ1n) is 7.60. The van der Waals surface area contributed by atoms with Gasteiger partial charge in [-0.15, -0.1) is 0 Å². The lowest BCUT2D eigenvalue weighted by atomic mass is 10.1. The lowest BCUT2D eigenvalue weighted by molar-refractivity contribution is -0.122. The molecule has 6 heteroatoms. The SMILES string of the molecule is Cc1cc(C)cc(N2C(=O)NC(=O)/C(=C\c3ccc(F)cc3)C2=O)c1. The molecule has 126 valence electrons. The summed E-state index contributed by atoms with van der Waals surface area (Å²) in [7, 11) is 0. The number of carbonyl (C=O) groups excluding carboxylic acids is 3. The number of anilines is 1. The Hall–Kier alpha value is -3.28. The first kappa shape index (κ1) is 16.6. The number of halogens is 1. The van der Waals surface area contributed by atoms with Crippen molar-refractivity contribution < 1.29 is 18.8 Å². The molecule has 0 bridgehead atoms. The minimum absolute atomic E-state index is 0.189. The molecule has 0 aliphatic carbocycles. The van der Waals surface area contributed by atoms with Gasteiger partial charge in [-0.2, -0.15) is 0 Å². The Kier molecular flexibility index (Phi) is 4.19. The van der Waals surface area contributed by atoms with Crippen LogP contribution in [0.4, 0.5) is 14.9 Å². The molecule has 2 aromatic carbocycles. The number of nitrogens with one attached hydrogen (secondary N) is 1. The van der Waals surface area contributed by atoms with Gasteiger partial charge in [-0.3, -0.25) is 14.9 Å². The summed E-state index contributed by atoms with van der Waals surface area (Å²) in [6, 6.07) is 9.84. The Balaban J connectivity index is 2.03. The van der Waals surface area contributed by atoms with Crippen LogP contribution in [0.5, 0.6) is 0 Å². The molecule has 1 N–H and O–H groups in total. The standard InChI is InChI=1S/C19H15FN2O3/c1-11-7-12(2)9-15(8-11)22-18(24)16(17(23)21-19(22)25)10-13-3-5-14(20)6-4-13/h3-10H,1-2H3,(H,21,23,25)/b16-10+. The monoisotopic (exact) mass is 338 g/mol. The third-order valence-electron chi connectivity index (χ3n) is 3.75. The summed E-state index contributed by atoms with van der Waals surface area (Å²) in [4.78, 5) is 37.9. The van der Waals surface area contributed by atoms with Crippen molar-refractivity contribution in [3.63, 3.8) is 0 Å². The normalized spacial score (nSPS) is 16.4. The summed E-state index contributed by atoms with van der Waals surface area (Å²) < 4.78 is 13.0. The number of carbonyl (C=O) groups is 3. The van der Waals surface area contributed by atoms with Crippen molar-refractivity contribution >= 4 is 29.6 Å². The summed E-state index contributed by atoms with van der Waals surface area (Å²) in [5, 5.41) is 2.16. The van der Waals surface area contributed by atoms with Crippen molar-refractivity contribution in [1.29, 1.82) is 0 Å². The van der Waals surface area contributed by atoms with Gasteiger partial charge in [-0.25, -0.2) is 14.1 Å². The molecule has 1 fully saturated rings. The van der Waals surface area contributed by atoms with Crippen LogP contribution in [0.15, 0.2) is 48.0 Å². The number of barbiturate groups is 1. The van der Waals surface area contributed by atoms with E-state index in [9.17, 15) is 18.8 Å². The van der Waals surface area contributed by atoms with E-state index in [0.29, 0.717) is 11.3 Å². The van der Waals surface area contributed by atoms with E-state index in [-0.39, 0.29) is 5.57 Å². The van der Waals surface area contributed by atoms with Gasteiger partial charge < -0.3 is 0 Å². The van der Waals surface area contributed by atoms with Gasteiger partial charge in [0, 0.05) is 0 Å². The molecule has 1 saturated heterocycles. The van der Waals surface area contributed by atoms with Crippen LogP contribution >= 0.6 is 0 Å². The smallest absolute Gasteiger partial charge is 0.273 e. The number of hydrogen-bond acceptors (Lipinski definition) is 3. The van der Waals surface area contributed by atoms with E-state index in [1.807, 2.05) is 19.9 Å². The average molecular weight is 338 g/mol. The summed E-state index contributed by atoms with van der Waals surface area (Å²) >= 11 is 0. The van der Waals surface area contributed by atoms with Crippen molar-refractivity contribution in [2.45, 2.75) is 13.8 Å². The van der Waals surface area contributed by atoms with Gasteiger partial charge in [-0.1, -0.05) is 18.2 Å². The lowest BCUT2D eigenvalue weighted by Gasteiger charge is -2.27. The molecule has 3 rings (SSSR count). The van der Waals surface area contributed by atoms with Crippen molar-refractivity contribution in [3.05, 3.63) is 70.5 Å². The molecule has 0 spiro atoms. The third kappa shape index (κ3) is 3.33. The second-order valence-electron chi connectivity index (χ2n) is 5.86. The van der Waals surface area contributed by atoms with Gasteiger partial charge in [0.15, 0.2) is 0 Å². The van der Waals surface area contributed by atoms with Crippen molar-refractivity contribution in [3.8, 4) is 0 Å². The van der Waals surface area contributed by atoms with Gasteiger partial charge in [0.05, 0.1) is 5.69 Å². The van der Waals surface area contributed by atoms with E-state index < -0.39 is 23.7 Å². The molecule has 0 aromatic heterocycles. The van der Waals surface area contributed by atoms with Gasteiger partial charge in [0.2, 0.25) is 0 Å². The number of benzene rings is 2. The zero-order chi connectivity index (χ0) is 18.1. The molecular formula is C19H15FN2O3. The van der Waals surface area contributed by atoms with Crippen LogP contribution in [0, 0.1) is 19.7 Å². The van der Waals surface area contributed by atoms with Gasteiger partial charge >= 0.3 is 6.03 Å². The first-order valence-corrected chi connectivity index (χ1v) is 7.60. The molecule has 0 unspecified atom stereocenters. The third-order valence-corrected chi connectivity index (χ3v) is 3.75. The minimum atomic E-state index is -0.795. The molecule has 4 amide bonds. The van der Waals surface area contributed by atoms with Crippen molar-refractivity contribution in [2.24, 2.45) is 0 Å². The number of nitrogens with zero attached hydrogens (tertiary/aromatic N) is 1. The van der Waals surface area contributed by atoms with Crippen molar-refractivity contribution in [1.82, 2.24) is 5.32 Å². The topological polar surface area (TPSA) is 66.5 Å².